The first kappa shape index (κ1) is 7.85. The summed E-state index contributed by atoms with van der Waals surface area (Å²) in [5.74, 6) is 0. The molecule has 54 valence electrons. The van der Waals surface area contributed by atoms with Crippen LogP contribution in [0, 0.1) is 0 Å². The molecular formula is C2H15N3Si4. The maximum atomic E-state index is 3.58. The summed E-state index contributed by atoms with van der Waals surface area (Å²) in [4.78, 5) is 0. The van der Waals surface area contributed by atoms with Crippen molar-refractivity contribution in [2.75, 3.05) is 0 Å². The standard InChI is InChI=1S/C2H15N3Si4/c1-9(2)5-7-3-6-4-8-5/h3-4,9H,6-8H2,1-2H3. The first-order chi connectivity index (χ1) is 4.30. The first-order valence-corrected chi connectivity index (χ1v) is 10.4. The molecule has 0 aromatic carbocycles. The maximum absolute atomic E-state index is 3.58. The molecule has 0 bridgehead atoms. The van der Waals surface area contributed by atoms with Crippen LogP contribution in [0.25, 0.3) is 0 Å². The van der Waals surface area contributed by atoms with Gasteiger partial charge in [0.15, 0.2) is 29.5 Å². The maximum Gasteiger partial charge on any atom is 0.155 e. The van der Waals surface area contributed by atoms with Gasteiger partial charge in [0.25, 0.3) is 0 Å². The molecule has 1 aliphatic rings. The monoisotopic (exact) mass is 193 g/mol. The van der Waals surface area contributed by atoms with E-state index < -0.39 is 8.96 Å². The van der Waals surface area contributed by atoms with Crippen LogP contribution in [0.5, 0.6) is 0 Å². The van der Waals surface area contributed by atoms with Gasteiger partial charge in [-0.05, 0) is 0 Å². The van der Waals surface area contributed by atoms with Crippen molar-refractivity contribution in [1.29, 1.82) is 0 Å². The van der Waals surface area contributed by atoms with Gasteiger partial charge >= 0.3 is 0 Å². The second-order valence-electron chi connectivity index (χ2n) is 2.68. The van der Waals surface area contributed by atoms with Crippen molar-refractivity contribution in [2.45, 2.75) is 13.1 Å². The van der Waals surface area contributed by atoms with E-state index in [1.54, 1.807) is 0 Å². The average Bonchev–Trinajstić information content (AvgIpc) is 1.90. The smallest absolute Gasteiger partial charge is 0.155 e. The minimum Gasteiger partial charge on any atom is -0.357 e. The van der Waals surface area contributed by atoms with Crippen LogP contribution in [-0.4, -0.2) is 42.4 Å². The van der Waals surface area contributed by atoms with Crippen LogP contribution in [0.2, 0.25) is 13.1 Å². The molecule has 0 saturated carbocycles. The van der Waals surface area contributed by atoms with Crippen LogP contribution in [-0.2, 0) is 0 Å². The van der Waals surface area contributed by atoms with E-state index in [1.807, 2.05) is 0 Å². The molecule has 1 fully saturated rings. The molecule has 7 heteroatoms. The molecule has 0 aromatic heterocycles. The van der Waals surface area contributed by atoms with Gasteiger partial charge < -0.3 is 13.2 Å². The summed E-state index contributed by atoms with van der Waals surface area (Å²) in [7, 11) is -0.187. The van der Waals surface area contributed by atoms with Crippen molar-refractivity contribution in [3.05, 3.63) is 0 Å². The summed E-state index contributed by atoms with van der Waals surface area (Å²) < 4.78 is 9.94. The van der Waals surface area contributed by atoms with Gasteiger partial charge in [0.05, 0.1) is 8.96 Å². The summed E-state index contributed by atoms with van der Waals surface area (Å²) in [6.07, 6.45) is 0. The van der Waals surface area contributed by atoms with Crippen LogP contribution < -0.4 is 9.30 Å². The van der Waals surface area contributed by atoms with Gasteiger partial charge in [-0.2, -0.15) is 0 Å². The van der Waals surface area contributed by atoms with Gasteiger partial charge in [0.1, 0.15) is 0 Å². The zero-order valence-corrected chi connectivity index (χ0v) is 11.5. The number of hydrogen-bond donors (Lipinski definition) is 2. The summed E-state index contributed by atoms with van der Waals surface area (Å²) in [5, 5.41) is 0. The minimum absolute atomic E-state index is 0.0487. The van der Waals surface area contributed by atoms with E-state index in [1.165, 1.54) is 0 Å². The van der Waals surface area contributed by atoms with Gasteiger partial charge in [-0.15, -0.1) is 0 Å². The molecule has 1 rings (SSSR count). The highest BCUT2D eigenvalue weighted by molar-refractivity contribution is 6.78. The third-order valence-corrected chi connectivity index (χ3v) is 14.5. The SMILES string of the molecule is C[SiH](C)N1[SiH2]N[SiH2]N[SiH2]1. The normalized spacial score (nSPS) is 31.0. The first-order valence-electron chi connectivity index (χ1n) is 3.46. The van der Waals surface area contributed by atoms with Crippen molar-refractivity contribution >= 4 is 38.5 Å². The lowest BCUT2D eigenvalue weighted by Crippen LogP contribution is -2.61. The Bertz CT molecular complexity index is 81.9. The van der Waals surface area contributed by atoms with Crippen LogP contribution in [0.15, 0.2) is 0 Å². The molecule has 1 saturated heterocycles. The zero-order valence-electron chi connectivity index (χ0n) is 6.15. The van der Waals surface area contributed by atoms with Crippen molar-refractivity contribution in [2.24, 2.45) is 0 Å². The molecule has 0 radical (unpaired) electrons. The zero-order chi connectivity index (χ0) is 6.69. The molecule has 3 nitrogen and oxygen atoms in total. The molecule has 9 heavy (non-hydrogen) atoms. The fourth-order valence-electron chi connectivity index (χ4n) is 0.908. The highest BCUT2D eigenvalue weighted by atomic mass is 28.4. The van der Waals surface area contributed by atoms with Crippen LogP contribution in [0.4, 0.5) is 0 Å². The second-order valence-corrected chi connectivity index (χ2v) is 14.6. The molecule has 0 unspecified atom stereocenters. The van der Waals surface area contributed by atoms with Gasteiger partial charge in [-0.3, -0.25) is 0 Å². The Morgan fingerprint density at radius 2 is 1.78 bits per heavy atom. The summed E-state index contributed by atoms with van der Waals surface area (Å²) in [6.45, 7) is 4.85. The van der Waals surface area contributed by atoms with E-state index in [4.69, 9.17) is 0 Å². The summed E-state index contributed by atoms with van der Waals surface area (Å²) in [6, 6.07) is 0. The summed E-state index contributed by atoms with van der Waals surface area (Å²) in [5.41, 5.74) is 0. The highest BCUT2D eigenvalue weighted by Gasteiger charge is 2.12. The predicted octanol–water partition coefficient (Wildman–Crippen LogP) is -3.54. The molecule has 1 aliphatic heterocycles. The molecule has 0 spiro atoms. The number of nitrogens with one attached hydrogen (secondary N) is 2. The van der Waals surface area contributed by atoms with E-state index >= 15 is 0 Å². The van der Waals surface area contributed by atoms with E-state index in [2.05, 4.69) is 26.3 Å². The third kappa shape index (κ3) is 2.45. The lowest BCUT2D eigenvalue weighted by molar-refractivity contribution is 0.986. The van der Waals surface area contributed by atoms with Crippen LogP contribution in [0.1, 0.15) is 0 Å². The lowest BCUT2D eigenvalue weighted by atomic mass is 11.9. The van der Waals surface area contributed by atoms with Crippen LogP contribution in [0.3, 0.4) is 0 Å². The summed E-state index contributed by atoms with van der Waals surface area (Å²) >= 11 is 0. The van der Waals surface area contributed by atoms with Crippen molar-refractivity contribution < 1.29 is 0 Å². The van der Waals surface area contributed by atoms with Gasteiger partial charge in [0, 0.05) is 0 Å². The molecule has 0 aromatic rings. The fraction of sp³-hybridized carbons (Fsp3) is 1.00. The highest BCUT2D eigenvalue weighted by Crippen LogP contribution is 1.87. The van der Waals surface area contributed by atoms with E-state index in [9.17, 15) is 0 Å². The van der Waals surface area contributed by atoms with E-state index in [0.29, 0.717) is 0 Å². The average molecular weight is 194 g/mol. The Kier molecular flexibility index (Phi) is 3.32. The van der Waals surface area contributed by atoms with Crippen LogP contribution >= 0.6 is 0 Å². The van der Waals surface area contributed by atoms with Crippen molar-refractivity contribution in [1.82, 2.24) is 13.2 Å². The lowest BCUT2D eigenvalue weighted by Gasteiger charge is -2.30. The second kappa shape index (κ2) is 3.80. The molecule has 0 amide bonds. The number of hydrogen-bond acceptors (Lipinski definition) is 3. The van der Waals surface area contributed by atoms with Crippen molar-refractivity contribution in [3.8, 4) is 0 Å². The number of nitrogens with zero attached hydrogens (tertiary/aromatic N) is 1. The molecule has 0 aliphatic carbocycles. The Morgan fingerprint density at radius 1 is 1.22 bits per heavy atom. The van der Waals surface area contributed by atoms with Gasteiger partial charge in [-0.25, -0.2) is 0 Å². The van der Waals surface area contributed by atoms with E-state index in [0.717, 1.165) is 0 Å². The molecule has 2 N–H and O–H groups in total. The topological polar surface area (TPSA) is 27.3 Å². The van der Waals surface area contributed by atoms with E-state index in [-0.39, 0.29) is 29.5 Å². The Hall–Kier alpha value is 0.748. The Labute approximate surface area is 65.2 Å². The Morgan fingerprint density at radius 3 is 2.11 bits per heavy atom. The fourth-order valence-corrected chi connectivity index (χ4v) is 14.9. The minimum atomic E-state index is -0.398. The molecule has 1 heterocycles. The third-order valence-electron chi connectivity index (χ3n) is 1.61. The molecular weight excluding hydrogens is 178 g/mol. The predicted molar refractivity (Wildman–Crippen MR) is 52.6 cm³/mol. The largest absolute Gasteiger partial charge is 0.357 e. The van der Waals surface area contributed by atoms with Crippen molar-refractivity contribution in [3.63, 3.8) is 0 Å². The van der Waals surface area contributed by atoms with Gasteiger partial charge in [0.2, 0.25) is 0 Å². The number of rotatable bonds is 1. The Balaban J connectivity index is 2.23. The van der Waals surface area contributed by atoms with Gasteiger partial charge in [-0.1, -0.05) is 13.1 Å². The quantitative estimate of drug-likeness (QED) is 0.423. The molecule has 0 atom stereocenters.